The van der Waals surface area contributed by atoms with Crippen molar-refractivity contribution in [3.05, 3.63) is 84.5 Å². The summed E-state index contributed by atoms with van der Waals surface area (Å²) in [5.74, 6) is 0.303. The first-order valence-corrected chi connectivity index (χ1v) is 12.2. The maximum atomic E-state index is 10.3. The third-order valence-electron chi connectivity index (χ3n) is 5.87. The number of phenols is 1. The van der Waals surface area contributed by atoms with Crippen LogP contribution in [0, 0.1) is 7.14 Å². The number of fused-ring (bicyclic) bond motifs is 3. The summed E-state index contributed by atoms with van der Waals surface area (Å²) >= 11 is 4.43. The minimum absolute atomic E-state index is 0.303. The SMILES string of the molecule is Oc1c(I)cc(I)cc1/C=N\N1CCN(C2c3ccccc3-c3ccccc32)CC1. The fraction of sp³-hybridized carbons (Fsp3) is 0.208. The summed E-state index contributed by atoms with van der Waals surface area (Å²) < 4.78 is 1.95. The van der Waals surface area contributed by atoms with Crippen molar-refractivity contribution in [2.45, 2.75) is 6.04 Å². The van der Waals surface area contributed by atoms with Gasteiger partial charge in [-0.2, -0.15) is 5.10 Å². The number of piperazine rings is 1. The predicted octanol–water partition coefficient (Wildman–Crippen LogP) is 5.32. The van der Waals surface area contributed by atoms with E-state index in [2.05, 4.69) is 109 Å². The molecule has 2 aliphatic rings. The maximum absolute atomic E-state index is 10.3. The summed E-state index contributed by atoms with van der Waals surface area (Å²) in [5, 5.41) is 17.1. The fourth-order valence-corrected chi connectivity index (χ4v) is 6.33. The molecule has 0 atom stereocenters. The van der Waals surface area contributed by atoms with Crippen LogP contribution in [0.3, 0.4) is 0 Å². The van der Waals surface area contributed by atoms with Crippen LogP contribution in [0.5, 0.6) is 5.75 Å². The highest BCUT2D eigenvalue weighted by molar-refractivity contribution is 14.1. The molecule has 5 rings (SSSR count). The summed E-state index contributed by atoms with van der Waals surface area (Å²) in [4.78, 5) is 2.57. The average Bonchev–Trinajstić information content (AvgIpc) is 3.10. The number of benzene rings is 3. The molecule has 3 aromatic rings. The van der Waals surface area contributed by atoms with E-state index in [1.807, 2.05) is 12.1 Å². The Morgan fingerprint density at radius 2 is 1.47 bits per heavy atom. The maximum Gasteiger partial charge on any atom is 0.137 e. The average molecular weight is 621 g/mol. The van der Waals surface area contributed by atoms with Crippen LogP contribution in [0.25, 0.3) is 11.1 Å². The second-order valence-electron chi connectivity index (χ2n) is 7.64. The van der Waals surface area contributed by atoms with Gasteiger partial charge in [-0.1, -0.05) is 48.5 Å². The van der Waals surface area contributed by atoms with Crippen molar-refractivity contribution in [1.82, 2.24) is 9.91 Å². The molecule has 1 aliphatic carbocycles. The summed E-state index contributed by atoms with van der Waals surface area (Å²) in [5.41, 5.74) is 6.32. The predicted molar refractivity (Wildman–Crippen MR) is 138 cm³/mol. The highest BCUT2D eigenvalue weighted by Crippen LogP contribution is 2.46. The van der Waals surface area contributed by atoms with E-state index in [0.717, 1.165) is 38.9 Å². The second kappa shape index (κ2) is 8.47. The Labute approximate surface area is 203 Å². The molecule has 0 spiro atoms. The summed E-state index contributed by atoms with van der Waals surface area (Å²) in [7, 11) is 0. The van der Waals surface area contributed by atoms with Crippen LogP contribution >= 0.6 is 45.2 Å². The van der Waals surface area contributed by atoms with Gasteiger partial charge in [0.1, 0.15) is 5.75 Å². The number of aromatic hydroxyl groups is 1. The summed E-state index contributed by atoms with van der Waals surface area (Å²) in [6.07, 6.45) is 1.79. The number of nitrogens with zero attached hydrogens (tertiary/aromatic N) is 3. The van der Waals surface area contributed by atoms with E-state index < -0.39 is 0 Å². The molecule has 3 aromatic carbocycles. The number of rotatable bonds is 3. The Kier molecular flexibility index (Phi) is 5.72. The normalized spacial score (nSPS) is 16.8. The molecular weight excluding hydrogens is 600 g/mol. The molecule has 0 unspecified atom stereocenters. The lowest BCUT2D eigenvalue weighted by atomic mass is 10.0. The molecule has 0 aromatic heterocycles. The molecule has 4 nitrogen and oxygen atoms in total. The zero-order valence-corrected chi connectivity index (χ0v) is 20.6. The van der Waals surface area contributed by atoms with E-state index in [1.165, 1.54) is 22.3 Å². The first-order valence-electron chi connectivity index (χ1n) is 10.0. The minimum Gasteiger partial charge on any atom is -0.506 e. The Morgan fingerprint density at radius 1 is 0.867 bits per heavy atom. The number of hydrogen-bond acceptors (Lipinski definition) is 4. The van der Waals surface area contributed by atoms with Crippen molar-refractivity contribution in [2.24, 2.45) is 5.10 Å². The topological polar surface area (TPSA) is 39.1 Å². The lowest BCUT2D eigenvalue weighted by Crippen LogP contribution is -2.45. The Morgan fingerprint density at radius 3 is 2.10 bits per heavy atom. The molecule has 152 valence electrons. The van der Waals surface area contributed by atoms with E-state index in [-0.39, 0.29) is 0 Å². The number of hydrogen-bond donors (Lipinski definition) is 1. The van der Waals surface area contributed by atoms with E-state index >= 15 is 0 Å². The third kappa shape index (κ3) is 3.73. The quantitative estimate of drug-likeness (QED) is 0.318. The van der Waals surface area contributed by atoms with Crippen LogP contribution in [0.2, 0.25) is 0 Å². The second-order valence-corrected chi connectivity index (χ2v) is 10.0. The standard InChI is InChI=1S/C24H21I2N3O/c25-17-13-16(24(30)22(26)14-17)15-27-29-11-9-28(10-12-29)23-20-7-3-1-5-18(20)19-6-2-4-8-21(19)23/h1-8,13-15,23,30H,9-12H2/b27-15-. The van der Waals surface area contributed by atoms with Crippen LogP contribution in [0.1, 0.15) is 22.7 Å². The molecule has 6 heteroatoms. The largest absolute Gasteiger partial charge is 0.506 e. The van der Waals surface area contributed by atoms with Crippen molar-refractivity contribution in [3.8, 4) is 16.9 Å². The summed E-state index contributed by atoms with van der Waals surface area (Å²) in [6, 6.07) is 21.8. The van der Waals surface area contributed by atoms with Gasteiger partial charge in [-0.25, -0.2) is 0 Å². The molecule has 1 saturated heterocycles. The Hall–Kier alpha value is -1.65. The number of halogens is 2. The monoisotopic (exact) mass is 621 g/mol. The molecule has 1 N–H and O–H groups in total. The van der Waals surface area contributed by atoms with Crippen LogP contribution < -0.4 is 0 Å². The van der Waals surface area contributed by atoms with Crippen LogP contribution in [0.15, 0.2) is 65.8 Å². The number of hydrazone groups is 1. The van der Waals surface area contributed by atoms with Crippen LogP contribution in [-0.2, 0) is 0 Å². The van der Waals surface area contributed by atoms with Crippen molar-refractivity contribution in [3.63, 3.8) is 0 Å². The molecule has 1 heterocycles. The Balaban J connectivity index is 1.32. The minimum atomic E-state index is 0.303. The van der Waals surface area contributed by atoms with Gasteiger partial charge in [0.05, 0.1) is 15.8 Å². The molecule has 0 bridgehead atoms. The van der Waals surface area contributed by atoms with Gasteiger partial charge in [0.15, 0.2) is 0 Å². The van der Waals surface area contributed by atoms with E-state index in [4.69, 9.17) is 0 Å². The van der Waals surface area contributed by atoms with Gasteiger partial charge in [0.25, 0.3) is 0 Å². The molecule has 1 aliphatic heterocycles. The zero-order chi connectivity index (χ0) is 20.7. The van der Waals surface area contributed by atoms with E-state index in [9.17, 15) is 5.11 Å². The molecular formula is C24H21I2N3O. The van der Waals surface area contributed by atoms with Gasteiger partial charge in [0.2, 0.25) is 0 Å². The van der Waals surface area contributed by atoms with E-state index in [1.54, 1.807) is 6.21 Å². The molecule has 1 fully saturated rings. The first kappa shape index (κ1) is 20.3. The van der Waals surface area contributed by atoms with Crippen molar-refractivity contribution >= 4 is 51.4 Å². The molecule has 30 heavy (non-hydrogen) atoms. The highest BCUT2D eigenvalue weighted by atomic mass is 127. The fourth-order valence-electron chi connectivity index (χ4n) is 4.44. The van der Waals surface area contributed by atoms with Crippen molar-refractivity contribution in [2.75, 3.05) is 26.2 Å². The van der Waals surface area contributed by atoms with Gasteiger partial charge in [-0.15, -0.1) is 0 Å². The van der Waals surface area contributed by atoms with Crippen molar-refractivity contribution < 1.29 is 5.11 Å². The lowest BCUT2D eigenvalue weighted by molar-refractivity contribution is 0.114. The molecule has 0 amide bonds. The van der Waals surface area contributed by atoms with Crippen LogP contribution in [-0.4, -0.2) is 47.4 Å². The van der Waals surface area contributed by atoms with Gasteiger partial charge in [-0.05, 0) is 79.6 Å². The van der Waals surface area contributed by atoms with Crippen molar-refractivity contribution in [1.29, 1.82) is 0 Å². The lowest BCUT2D eigenvalue weighted by Gasteiger charge is -2.37. The highest BCUT2D eigenvalue weighted by Gasteiger charge is 2.33. The van der Waals surface area contributed by atoms with Gasteiger partial charge in [0, 0.05) is 35.3 Å². The zero-order valence-electron chi connectivity index (χ0n) is 16.3. The van der Waals surface area contributed by atoms with Gasteiger partial charge < -0.3 is 5.11 Å². The molecule has 0 radical (unpaired) electrons. The molecule has 0 saturated carbocycles. The smallest absolute Gasteiger partial charge is 0.137 e. The number of phenolic OH excluding ortho intramolecular Hbond substituents is 1. The van der Waals surface area contributed by atoms with Crippen LogP contribution in [0.4, 0.5) is 0 Å². The third-order valence-corrected chi connectivity index (χ3v) is 7.32. The summed E-state index contributed by atoms with van der Waals surface area (Å²) in [6.45, 7) is 3.67. The van der Waals surface area contributed by atoms with Gasteiger partial charge >= 0.3 is 0 Å². The Bertz CT molecular complexity index is 1080. The first-order chi connectivity index (χ1) is 14.6. The van der Waals surface area contributed by atoms with Gasteiger partial charge in [-0.3, -0.25) is 9.91 Å². The van der Waals surface area contributed by atoms with E-state index in [0.29, 0.717) is 11.8 Å².